The summed E-state index contributed by atoms with van der Waals surface area (Å²) in [5, 5.41) is 2.58. The average Bonchev–Trinajstić information content (AvgIpc) is 2.03. The molecular formula is C7H13ClN2O2. The lowest BCUT2D eigenvalue weighted by molar-refractivity contribution is -0.132. The molecule has 0 bridgehead atoms. The summed E-state index contributed by atoms with van der Waals surface area (Å²) >= 11 is 5.28. The van der Waals surface area contributed by atoms with Gasteiger partial charge in [-0.15, -0.1) is 11.6 Å². The molecule has 0 unspecified atom stereocenters. The first-order chi connectivity index (χ1) is 5.61. The Hall–Kier alpha value is -0.770. The fourth-order valence-corrected chi connectivity index (χ4v) is 0.863. The molecule has 5 heteroatoms. The lowest BCUT2D eigenvalue weighted by Crippen LogP contribution is -2.38. The standard InChI is InChI=1S/C7H13ClN2O2/c1-3-9-6(11)5-10(2)7(12)4-8/h3-5H2,1-2H3,(H,9,11). The van der Waals surface area contributed by atoms with Gasteiger partial charge in [-0.25, -0.2) is 0 Å². The van der Waals surface area contributed by atoms with Crippen LogP contribution < -0.4 is 5.32 Å². The van der Waals surface area contributed by atoms with Gasteiger partial charge in [-0.2, -0.15) is 0 Å². The maximum Gasteiger partial charge on any atom is 0.239 e. The molecule has 0 heterocycles. The fourth-order valence-electron chi connectivity index (χ4n) is 0.659. The maximum atomic E-state index is 10.9. The van der Waals surface area contributed by atoms with Gasteiger partial charge in [-0.3, -0.25) is 9.59 Å². The number of hydrogen-bond acceptors (Lipinski definition) is 2. The molecule has 0 aromatic heterocycles. The Morgan fingerprint density at radius 3 is 2.50 bits per heavy atom. The molecule has 0 aliphatic carbocycles. The van der Waals surface area contributed by atoms with Crippen LogP contribution in [-0.2, 0) is 9.59 Å². The topological polar surface area (TPSA) is 49.4 Å². The Kier molecular flexibility index (Phi) is 5.45. The number of alkyl halides is 1. The number of rotatable bonds is 4. The molecule has 2 amide bonds. The Morgan fingerprint density at radius 1 is 1.50 bits per heavy atom. The number of amides is 2. The molecule has 0 aliphatic heterocycles. The number of carbonyl (C=O) groups excluding carboxylic acids is 2. The van der Waals surface area contributed by atoms with Gasteiger partial charge in [0.15, 0.2) is 0 Å². The van der Waals surface area contributed by atoms with Crippen LogP contribution in [0.2, 0.25) is 0 Å². The quantitative estimate of drug-likeness (QED) is 0.629. The highest BCUT2D eigenvalue weighted by Crippen LogP contribution is 1.87. The van der Waals surface area contributed by atoms with Crippen molar-refractivity contribution in [2.24, 2.45) is 0 Å². The van der Waals surface area contributed by atoms with Gasteiger partial charge in [0.05, 0.1) is 6.54 Å². The predicted molar refractivity (Wildman–Crippen MR) is 47.0 cm³/mol. The Labute approximate surface area is 76.9 Å². The number of nitrogens with zero attached hydrogens (tertiary/aromatic N) is 1. The van der Waals surface area contributed by atoms with Crippen LogP contribution >= 0.6 is 11.6 Å². The summed E-state index contributed by atoms with van der Waals surface area (Å²) in [5.41, 5.74) is 0. The van der Waals surface area contributed by atoms with Crippen molar-refractivity contribution in [1.82, 2.24) is 10.2 Å². The summed E-state index contributed by atoms with van der Waals surface area (Å²) in [6.45, 7) is 2.46. The molecule has 0 radical (unpaired) electrons. The van der Waals surface area contributed by atoms with Crippen LogP contribution in [0.15, 0.2) is 0 Å². The summed E-state index contributed by atoms with van der Waals surface area (Å²) in [7, 11) is 1.54. The number of likely N-dealkylation sites (N-methyl/N-ethyl adjacent to an activating group) is 2. The van der Waals surface area contributed by atoms with Gasteiger partial charge in [0.2, 0.25) is 11.8 Å². The van der Waals surface area contributed by atoms with E-state index in [4.69, 9.17) is 11.6 Å². The van der Waals surface area contributed by atoms with E-state index in [2.05, 4.69) is 5.32 Å². The molecule has 0 saturated heterocycles. The van der Waals surface area contributed by atoms with Crippen molar-refractivity contribution in [3.63, 3.8) is 0 Å². The van der Waals surface area contributed by atoms with Crippen LogP contribution in [0.1, 0.15) is 6.92 Å². The molecular weight excluding hydrogens is 180 g/mol. The van der Waals surface area contributed by atoms with Crippen LogP contribution in [0, 0.1) is 0 Å². The molecule has 0 fully saturated rings. The van der Waals surface area contributed by atoms with Crippen LogP contribution in [0.5, 0.6) is 0 Å². The molecule has 0 rings (SSSR count). The summed E-state index contributed by atoms with van der Waals surface area (Å²) < 4.78 is 0. The molecule has 4 nitrogen and oxygen atoms in total. The smallest absolute Gasteiger partial charge is 0.239 e. The number of hydrogen-bond donors (Lipinski definition) is 1. The van der Waals surface area contributed by atoms with Gasteiger partial charge in [-0.1, -0.05) is 0 Å². The normalized spacial score (nSPS) is 9.25. The van der Waals surface area contributed by atoms with E-state index in [0.717, 1.165) is 0 Å². The lowest BCUT2D eigenvalue weighted by atomic mass is 10.5. The zero-order valence-corrected chi connectivity index (χ0v) is 8.02. The Morgan fingerprint density at radius 2 is 2.08 bits per heavy atom. The van der Waals surface area contributed by atoms with E-state index in [1.807, 2.05) is 6.92 Å². The highest BCUT2D eigenvalue weighted by Gasteiger charge is 2.10. The monoisotopic (exact) mass is 192 g/mol. The van der Waals surface area contributed by atoms with Crippen LogP contribution in [-0.4, -0.2) is 42.7 Å². The predicted octanol–water partition coefficient (Wildman–Crippen LogP) is -0.180. The lowest BCUT2D eigenvalue weighted by Gasteiger charge is -2.14. The van der Waals surface area contributed by atoms with E-state index < -0.39 is 0 Å². The largest absolute Gasteiger partial charge is 0.355 e. The number of halogens is 1. The third-order valence-corrected chi connectivity index (χ3v) is 1.52. The molecule has 12 heavy (non-hydrogen) atoms. The van der Waals surface area contributed by atoms with E-state index in [9.17, 15) is 9.59 Å². The second kappa shape index (κ2) is 5.83. The van der Waals surface area contributed by atoms with E-state index >= 15 is 0 Å². The molecule has 0 aromatic carbocycles. The minimum atomic E-state index is -0.247. The van der Waals surface area contributed by atoms with Crippen molar-refractivity contribution in [3.05, 3.63) is 0 Å². The van der Waals surface area contributed by atoms with Crippen molar-refractivity contribution in [2.45, 2.75) is 6.92 Å². The van der Waals surface area contributed by atoms with Gasteiger partial charge in [0, 0.05) is 13.6 Å². The van der Waals surface area contributed by atoms with Crippen LogP contribution in [0.3, 0.4) is 0 Å². The van der Waals surface area contributed by atoms with Crippen molar-refractivity contribution in [1.29, 1.82) is 0 Å². The molecule has 0 spiro atoms. The summed E-state index contributed by atoms with van der Waals surface area (Å²) in [6, 6.07) is 0. The van der Waals surface area contributed by atoms with Crippen molar-refractivity contribution in [3.8, 4) is 0 Å². The third-order valence-electron chi connectivity index (χ3n) is 1.29. The van der Waals surface area contributed by atoms with E-state index in [0.29, 0.717) is 6.54 Å². The van der Waals surface area contributed by atoms with Crippen molar-refractivity contribution >= 4 is 23.4 Å². The summed E-state index contributed by atoms with van der Waals surface area (Å²) in [4.78, 5) is 23.1. The molecule has 0 saturated carbocycles. The van der Waals surface area contributed by atoms with E-state index in [1.165, 1.54) is 4.90 Å². The van der Waals surface area contributed by atoms with Gasteiger partial charge in [-0.05, 0) is 6.92 Å². The van der Waals surface area contributed by atoms with Crippen LogP contribution in [0.25, 0.3) is 0 Å². The number of nitrogens with one attached hydrogen (secondary N) is 1. The summed E-state index contributed by atoms with van der Waals surface area (Å²) in [6.07, 6.45) is 0. The SMILES string of the molecule is CCNC(=O)CN(C)C(=O)CCl. The van der Waals surface area contributed by atoms with E-state index in [-0.39, 0.29) is 24.2 Å². The highest BCUT2D eigenvalue weighted by molar-refractivity contribution is 6.27. The molecule has 0 aliphatic rings. The Bertz CT molecular complexity index is 173. The second-order valence-electron chi connectivity index (χ2n) is 2.34. The highest BCUT2D eigenvalue weighted by atomic mass is 35.5. The van der Waals surface area contributed by atoms with Gasteiger partial charge in [0.1, 0.15) is 5.88 Å². The first-order valence-corrected chi connectivity index (χ1v) is 4.21. The second-order valence-corrected chi connectivity index (χ2v) is 2.60. The van der Waals surface area contributed by atoms with Gasteiger partial charge < -0.3 is 10.2 Å². The summed E-state index contributed by atoms with van der Waals surface area (Å²) in [5.74, 6) is -0.503. The van der Waals surface area contributed by atoms with E-state index in [1.54, 1.807) is 7.05 Å². The fraction of sp³-hybridized carbons (Fsp3) is 0.714. The zero-order valence-electron chi connectivity index (χ0n) is 7.26. The minimum Gasteiger partial charge on any atom is -0.355 e. The van der Waals surface area contributed by atoms with Crippen molar-refractivity contribution < 1.29 is 9.59 Å². The zero-order chi connectivity index (χ0) is 9.56. The minimum absolute atomic E-state index is 0.0688. The number of carbonyl (C=O) groups is 2. The Balaban J connectivity index is 3.75. The first-order valence-electron chi connectivity index (χ1n) is 3.68. The maximum absolute atomic E-state index is 10.9. The average molecular weight is 193 g/mol. The third kappa shape index (κ3) is 4.18. The molecule has 0 atom stereocenters. The molecule has 0 aromatic rings. The molecule has 1 N–H and O–H groups in total. The van der Waals surface area contributed by atoms with Crippen molar-refractivity contribution in [2.75, 3.05) is 26.0 Å². The van der Waals surface area contributed by atoms with Gasteiger partial charge in [0.25, 0.3) is 0 Å². The molecule has 70 valence electrons. The first kappa shape index (κ1) is 11.2. The van der Waals surface area contributed by atoms with Crippen LogP contribution in [0.4, 0.5) is 0 Å². The van der Waals surface area contributed by atoms with Gasteiger partial charge >= 0.3 is 0 Å².